The van der Waals surface area contributed by atoms with E-state index in [1.54, 1.807) is 12.0 Å². The maximum Gasteiger partial charge on any atom is 0.254 e. The minimum Gasteiger partial charge on any atom is -0.497 e. The number of nitrogens with two attached hydrogens (primary N) is 1. The average molecular weight is 430 g/mol. The lowest BCUT2D eigenvalue weighted by atomic mass is 9.98. The molecule has 2 N–H and O–H groups in total. The lowest BCUT2D eigenvalue weighted by molar-refractivity contribution is 0.0303. The first-order valence-electron chi connectivity index (χ1n) is 10.3. The third-order valence-corrected chi connectivity index (χ3v) is 5.59. The first-order valence-corrected chi connectivity index (χ1v) is 10.3. The Morgan fingerprint density at radius 3 is 2.38 bits per heavy atom. The van der Waals surface area contributed by atoms with Gasteiger partial charge in [0.15, 0.2) is 0 Å². The van der Waals surface area contributed by atoms with Gasteiger partial charge in [0.1, 0.15) is 23.7 Å². The first kappa shape index (κ1) is 20.0. The van der Waals surface area contributed by atoms with Gasteiger partial charge in [0.05, 0.1) is 25.7 Å². The van der Waals surface area contributed by atoms with Crippen molar-refractivity contribution in [2.45, 2.75) is 0 Å². The molecule has 0 atom stereocenters. The van der Waals surface area contributed by atoms with E-state index >= 15 is 0 Å². The number of fused-ring (bicyclic) bond motifs is 1. The van der Waals surface area contributed by atoms with Gasteiger partial charge in [-0.05, 0) is 29.8 Å². The molecule has 0 unspecified atom stereocenters. The zero-order chi connectivity index (χ0) is 22.1. The van der Waals surface area contributed by atoms with Crippen LogP contribution in [0.4, 0.5) is 5.82 Å². The Balaban J connectivity index is 1.57. The van der Waals surface area contributed by atoms with Crippen molar-refractivity contribution in [3.8, 4) is 28.2 Å². The summed E-state index contributed by atoms with van der Waals surface area (Å²) in [5.74, 6) is 1.70. The van der Waals surface area contributed by atoms with Crippen LogP contribution in [0.25, 0.3) is 33.6 Å². The summed E-state index contributed by atoms with van der Waals surface area (Å²) in [4.78, 5) is 23.0. The molecule has 2 aromatic heterocycles. The molecular weight excluding hydrogens is 408 g/mol. The summed E-state index contributed by atoms with van der Waals surface area (Å²) in [5.41, 5.74) is 9.73. The van der Waals surface area contributed by atoms with Gasteiger partial charge in [-0.3, -0.25) is 4.79 Å². The van der Waals surface area contributed by atoms with E-state index in [0.717, 1.165) is 22.4 Å². The number of amides is 1. The quantitative estimate of drug-likeness (QED) is 0.527. The average Bonchev–Trinajstić information content (AvgIpc) is 3.25. The largest absolute Gasteiger partial charge is 0.497 e. The van der Waals surface area contributed by atoms with Crippen LogP contribution in [-0.2, 0) is 4.74 Å². The molecule has 0 aliphatic carbocycles. The number of ether oxygens (including phenoxy) is 2. The van der Waals surface area contributed by atoms with Gasteiger partial charge < -0.3 is 24.5 Å². The third-order valence-electron chi connectivity index (χ3n) is 5.59. The van der Waals surface area contributed by atoms with Crippen molar-refractivity contribution < 1.29 is 18.7 Å². The molecule has 4 aromatic rings. The summed E-state index contributed by atoms with van der Waals surface area (Å²) in [7, 11) is 1.62. The van der Waals surface area contributed by atoms with E-state index in [1.807, 2.05) is 48.5 Å². The standard InChI is InChI=1S/C24H22N4O4/c1-30-18-8-6-15(7-9-18)19-20-22(25)26-14-27-23(20)32-21(19)16-2-4-17(5-3-16)24(29)28-10-12-31-13-11-28/h2-9,14H,10-13H2,1H3,(H2,25,26,27). The second-order valence-corrected chi connectivity index (χ2v) is 7.46. The lowest BCUT2D eigenvalue weighted by Gasteiger charge is -2.26. The van der Waals surface area contributed by atoms with Crippen molar-refractivity contribution >= 4 is 22.8 Å². The van der Waals surface area contributed by atoms with Crippen molar-refractivity contribution in [1.82, 2.24) is 14.9 Å². The maximum absolute atomic E-state index is 12.8. The van der Waals surface area contributed by atoms with Crippen LogP contribution in [0, 0.1) is 0 Å². The van der Waals surface area contributed by atoms with Crippen LogP contribution >= 0.6 is 0 Å². The molecule has 8 nitrogen and oxygen atoms in total. The molecule has 2 aromatic carbocycles. The summed E-state index contributed by atoms with van der Waals surface area (Å²) in [6.07, 6.45) is 1.38. The van der Waals surface area contributed by atoms with Crippen molar-refractivity contribution in [3.63, 3.8) is 0 Å². The first-order chi connectivity index (χ1) is 15.7. The molecule has 0 bridgehead atoms. The number of anilines is 1. The molecule has 32 heavy (non-hydrogen) atoms. The van der Waals surface area contributed by atoms with Gasteiger partial charge in [-0.15, -0.1) is 0 Å². The molecule has 8 heteroatoms. The topological polar surface area (TPSA) is 104 Å². The zero-order valence-corrected chi connectivity index (χ0v) is 17.6. The minimum absolute atomic E-state index is 0.00468. The Kier molecular flexibility index (Phi) is 5.20. The number of morpholine rings is 1. The Morgan fingerprint density at radius 2 is 1.69 bits per heavy atom. The highest BCUT2D eigenvalue weighted by Crippen LogP contribution is 2.42. The lowest BCUT2D eigenvalue weighted by Crippen LogP contribution is -2.40. The molecule has 0 saturated carbocycles. The Morgan fingerprint density at radius 1 is 1.00 bits per heavy atom. The van der Waals surface area contributed by atoms with Gasteiger partial charge >= 0.3 is 0 Å². The van der Waals surface area contributed by atoms with Crippen LogP contribution in [0.2, 0.25) is 0 Å². The van der Waals surface area contributed by atoms with E-state index in [0.29, 0.717) is 54.5 Å². The van der Waals surface area contributed by atoms with Gasteiger partial charge in [0, 0.05) is 29.8 Å². The smallest absolute Gasteiger partial charge is 0.254 e. The predicted molar refractivity (Wildman–Crippen MR) is 120 cm³/mol. The number of aromatic nitrogens is 2. The summed E-state index contributed by atoms with van der Waals surface area (Å²) in [6, 6.07) is 15.0. The summed E-state index contributed by atoms with van der Waals surface area (Å²) >= 11 is 0. The van der Waals surface area contributed by atoms with Crippen molar-refractivity contribution in [3.05, 3.63) is 60.4 Å². The fourth-order valence-corrected chi connectivity index (χ4v) is 3.91. The van der Waals surface area contributed by atoms with Gasteiger partial charge in [0.25, 0.3) is 5.91 Å². The second kappa shape index (κ2) is 8.32. The van der Waals surface area contributed by atoms with Crippen molar-refractivity contribution in [2.75, 3.05) is 39.1 Å². The molecule has 1 saturated heterocycles. The van der Waals surface area contributed by atoms with Gasteiger partial charge in [-0.1, -0.05) is 24.3 Å². The number of methoxy groups -OCH3 is 1. The Hall–Kier alpha value is -3.91. The highest BCUT2D eigenvalue weighted by atomic mass is 16.5. The van der Waals surface area contributed by atoms with Crippen LogP contribution in [0.15, 0.2) is 59.3 Å². The number of carbonyl (C=O) groups excluding carboxylic acids is 1. The summed E-state index contributed by atoms with van der Waals surface area (Å²) < 4.78 is 16.7. The number of hydrogen-bond acceptors (Lipinski definition) is 7. The minimum atomic E-state index is -0.00468. The predicted octanol–water partition coefficient (Wildman–Crippen LogP) is 3.62. The fraction of sp³-hybridized carbons (Fsp3) is 0.208. The SMILES string of the molecule is COc1ccc(-c2c(-c3ccc(C(=O)N4CCOCC4)cc3)oc3ncnc(N)c23)cc1. The number of benzene rings is 2. The summed E-state index contributed by atoms with van der Waals surface area (Å²) in [5, 5.41) is 0.654. The molecule has 0 spiro atoms. The Bertz CT molecular complexity index is 1260. The van der Waals surface area contributed by atoms with Crippen LogP contribution in [0.3, 0.4) is 0 Å². The van der Waals surface area contributed by atoms with Crippen molar-refractivity contribution in [1.29, 1.82) is 0 Å². The maximum atomic E-state index is 12.8. The van der Waals surface area contributed by atoms with E-state index in [4.69, 9.17) is 19.6 Å². The Labute approximate surface area is 184 Å². The molecule has 1 aliphatic rings. The third kappa shape index (κ3) is 3.54. The summed E-state index contributed by atoms with van der Waals surface area (Å²) in [6.45, 7) is 2.33. The van der Waals surface area contributed by atoms with E-state index in [1.165, 1.54) is 6.33 Å². The zero-order valence-electron chi connectivity index (χ0n) is 17.6. The van der Waals surface area contributed by atoms with E-state index in [9.17, 15) is 4.79 Å². The number of nitrogen functional groups attached to an aromatic ring is 1. The number of carbonyl (C=O) groups is 1. The molecule has 1 fully saturated rings. The van der Waals surface area contributed by atoms with Crippen LogP contribution < -0.4 is 10.5 Å². The molecule has 3 heterocycles. The number of furan rings is 1. The molecule has 1 amide bonds. The van der Waals surface area contributed by atoms with Gasteiger partial charge in [-0.25, -0.2) is 9.97 Å². The van der Waals surface area contributed by atoms with Crippen molar-refractivity contribution in [2.24, 2.45) is 0 Å². The van der Waals surface area contributed by atoms with Gasteiger partial charge in [0.2, 0.25) is 5.71 Å². The van der Waals surface area contributed by atoms with Crippen LogP contribution in [-0.4, -0.2) is 54.2 Å². The molecule has 162 valence electrons. The highest BCUT2D eigenvalue weighted by molar-refractivity contribution is 6.05. The monoisotopic (exact) mass is 430 g/mol. The second-order valence-electron chi connectivity index (χ2n) is 7.46. The van der Waals surface area contributed by atoms with Gasteiger partial charge in [-0.2, -0.15) is 0 Å². The number of rotatable bonds is 4. The van der Waals surface area contributed by atoms with Crippen LogP contribution in [0.5, 0.6) is 5.75 Å². The van der Waals surface area contributed by atoms with E-state index in [-0.39, 0.29) is 5.91 Å². The number of hydrogen-bond donors (Lipinski definition) is 1. The molecule has 1 aliphatic heterocycles. The highest BCUT2D eigenvalue weighted by Gasteiger charge is 2.22. The molecule has 5 rings (SSSR count). The molecule has 0 radical (unpaired) electrons. The fourth-order valence-electron chi connectivity index (χ4n) is 3.91. The van der Waals surface area contributed by atoms with E-state index < -0.39 is 0 Å². The van der Waals surface area contributed by atoms with E-state index in [2.05, 4.69) is 9.97 Å². The van der Waals surface area contributed by atoms with Crippen LogP contribution in [0.1, 0.15) is 10.4 Å². The normalized spacial score (nSPS) is 14.0. The molecular formula is C24H22N4O4. The number of nitrogens with zero attached hydrogens (tertiary/aromatic N) is 3.